The molecule has 0 aromatic carbocycles. The third-order valence-corrected chi connectivity index (χ3v) is 6.07. The first-order valence-electron chi connectivity index (χ1n) is 3.29. The molecule has 0 radical (unpaired) electrons. The van der Waals surface area contributed by atoms with Gasteiger partial charge in [0, 0.05) is 0 Å². The van der Waals surface area contributed by atoms with Crippen molar-refractivity contribution in [2.24, 2.45) is 0 Å². The van der Waals surface area contributed by atoms with Crippen molar-refractivity contribution >= 4 is 29.3 Å². The van der Waals surface area contributed by atoms with Gasteiger partial charge in [0.1, 0.15) is 0 Å². The molecule has 10 heavy (non-hydrogen) atoms. The molecule has 1 rings (SSSR count). The molecule has 1 heterocycles. The van der Waals surface area contributed by atoms with Gasteiger partial charge in [-0.2, -0.15) is 0 Å². The van der Waals surface area contributed by atoms with Crippen LogP contribution in [0.3, 0.4) is 0 Å². The first-order chi connectivity index (χ1) is 4.52. The van der Waals surface area contributed by atoms with Crippen molar-refractivity contribution in [2.75, 3.05) is 0 Å². The number of rotatable bonds is 1. The molecule has 0 atom stereocenters. The summed E-state index contributed by atoms with van der Waals surface area (Å²) >= 11 is -0.299. The van der Waals surface area contributed by atoms with Crippen LogP contribution in [0.4, 0.5) is 0 Å². The SMILES string of the molecule is C[Si](C)(C)C1=C(O)[IH]C=C1. The van der Waals surface area contributed by atoms with Crippen LogP contribution < -0.4 is 0 Å². The van der Waals surface area contributed by atoms with Crippen LogP contribution in [0.25, 0.3) is 0 Å². The molecule has 0 aromatic rings. The summed E-state index contributed by atoms with van der Waals surface area (Å²) in [6, 6.07) is 0. The van der Waals surface area contributed by atoms with E-state index in [1.54, 1.807) is 0 Å². The van der Waals surface area contributed by atoms with Gasteiger partial charge in [-0.1, -0.05) is 0 Å². The Kier molecular flexibility index (Phi) is 2.24. The van der Waals surface area contributed by atoms with Crippen molar-refractivity contribution in [1.29, 1.82) is 0 Å². The van der Waals surface area contributed by atoms with Gasteiger partial charge in [0.05, 0.1) is 0 Å². The number of aliphatic hydroxyl groups excluding tert-OH is 1. The summed E-state index contributed by atoms with van der Waals surface area (Å²) in [5.74, 6) is 0. The van der Waals surface area contributed by atoms with E-state index in [-0.39, 0.29) is 21.2 Å². The summed E-state index contributed by atoms with van der Waals surface area (Å²) in [6.07, 6.45) is 2.13. The Morgan fingerprint density at radius 1 is 1.40 bits per heavy atom. The molecule has 58 valence electrons. The van der Waals surface area contributed by atoms with Gasteiger partial charge in [0.25, 0.3) is 0 Å². The fourth-order valence-electron chi connectivity index (χ4n) is 0.872. The van der Waals surface area contributed by atoms with E-state index >= 15 is 0 Å². The Labute approximate surface area is 73.1 Å². The second kappa shape index (κ2) is 2.69. The van der Waals surface area contributed by atoms with E-state index in [9.17, 15) is 5.11 Å². The van der Waals surface area contributed by atoms with Gasteiger partial charge in [0.15, 0.2) is 0 Å². The third kappa shape index (κ3) is 1.63. The summed E-state index contributed by atoms with van der Waals surface area (Å²) in [6.45, 7) is 6.80. The molecule has 0 saturated heterocycles. The topological polar surface area (TPSA) is 20.2 Å². The van der Waals surface area contributed by atoms with E-state index in [1.807, 2.05) is 0 Å². The van der Waals surface area contributed by atoms with Crippen molar-refractivity contribution in [3.63, 3.8) is 0 Å². The second-order valence-corrected chi connectivity index (χ2v) is 11.0. The standard InChI is InChI=1S/C7H13IOSi/c1-10(2,3)6-4-5-8-7(6)9/h4-5,8-9H,1-3H3. The fraction of sp³-hybridized carbons (Fsp3) is 0.429. The molecule has 3 heteroatoms. The van der Waals surface area contributed by atoms with Crippen LogP contribution in [0.1, 0.15) is 0 Å². The van der Waals surface area contributed by atoms with Crippen LogP contribution in [-0.2, 0) is 0 Å². The average Bonchev–Trinajstić information content (AvgIpc) is 2.11. The van der Waals surface area contributed by atoms with E-state index in [4.69, 9.17) is 0 Å². The zero-order valence-electron chi connectivity index (χ0n) is 6.51. The number of aliphatic hydroxyl groups is 1. The summed E-state index contributed by atoms with van der Waals surface area (Å²) in [5.41, 5.74) is 0. The summed E-state index contributed by atoms with van der Waals surface area (Å²) in [5, 5.41) is 10.7. The predicted molar refractivity (Wildman–Crippen MR) is 57.6 cm³/mol. The Balaban J connectivity index is 2.91. The van der Waals surface area contributed by atoms with Gasteiger partial charge in [-0.15, -0.1) is 0 Å². The van der Waals surface area contributed by atoms with Gasteiger partial charge in [-0.25, -0.2) is 0 Å². The first kappa shape index (κ1) is 8.32. The van der Waals surface area contributed by atoms with Crippen molar-refractivity contribution in [3.8, 4) is 0 Å². The van der Waals surface area contributed by atoms with E-state index in [1.165, 1.54) is 5.20 Å². The zero-order valence-corrected chi connectivity index (χ0v) is 9.84. The van der Waals surface area contributed by atoms with Gasteiger partial charge < -0.3 is 0 Å². The number of allylic oxidation sites excluding steroid dienone is 2. The fourth-order valence-corrected chi connectivity index (χ4v) is 6.99. The molecule has 0 saturated carbocycles. The zero-order chi connectivity index (χ0) is 7.78. The molecular weight excluding hydrogens is 255 g/mol. The molecule has 0 fully saturated rings. The van der Waals surface area contributed by atoms with Crippen molar-refractivity contribution in [2.45, 2.75) is 19.6 Å². The van der Waals surface area contributed by atoms with Gasteiger partial charge in [0.2, 0.25) is 0 Å². The molecule has 0 amide bonds. The van der Waals surface area contributed by atoms with Gasteiger partial charge >= 0.3 is 73.1 Å². The second-order valence-electron chi connectivity index (χ2n) is 3.39. The Morgan fingerprint density at radius 2 is 2.00 bits per heavy atom. The number of halogens is 1. The van der Waals surface area contributed by atoms with Crippen LogP contribution in [-0.4, -0.2) is 13.2 Å². The maximum atomic E-state index is 9.43. The first-order valence-corrected chi connectivity index (χ1v) is 9.30. The van der Waals surface area contributed by atoms with E-state index in [2.05, 4.69) is 29.8 Å². The molecule has 1 aliphatic heterocycles. The molecule has 1 N–H and O–H groups in total. The van der Waals surface area contributed by atoms with Crippen molar-refractivity contribution < 1.29 is 5.11 Å². The van der Waals surface area contributed by atoms with E-state index < -0.39 is 8.07 Å². The van der Waals surface area contributed by atoms with Gasteiger partial charge in [-0.05, 0) is 0 Å². The molecule has 0 aromatic heterocycles. The Bertz CT molecular complexity index is 200. The monoisotopic (exact) mass is 268 g/mol. The minimum absolute atomic E-state index is 0.299. The summed E-state index contributed by atoms with van der Waals surface area (Å²) in [7, 11) is -1.21. The Hall–Kier alpha value is 0.227. The van der Waals surface area contributed by atoms with E-state index in [0.717, 1.165) is 3.77 Å². The number of hydrogen-bond acceptors (Lipinski definition) is 1. The maximum absolute atomic E-state index is 9.43. The van der Waals surface area contributed by atoms with Crippen LogP contribution >= 0.6 is 21.2 Å². The molecule has 0 aliphatic carbocycles. The average molecular weight is 268 g/mol. The van der Waals surface area contributed by atoms with Crippen molar-refractivity contribution in [3.05, 3.63) is 19.1 Å². The normalized spacial score (nSPS) is 19.5. The molecule has 1 nitrogen and oxygen atoms in total. The van der Waals surface area contributed by atoms with Gasteiger partial charge in [-0.3, -0.25) is 0 Å². The third-order valence-electron chi connectivity index (χ3n) is 1.45. The predicted octanol–water partition coefficient (Wildman–Crippen LogP) is 2.86. The quantitative estimate of drug-likeness (QED) is 0.572. The molecule has 1 aliphatic rings. The van der Waals surface area contributed by atoms with Crippen LogP contribution in [0.2, 0.25) is 19.6 Å². The summed E-state index contributed by atoms with van der Waals surface area (Å²) in [4.78, 5) is 0. The van der Waals surface area contributed by atoms with Crippen molar-refractivity contribution in [1.82, 2.24) is 0 Å². The molecule has 0 unspecified atom stereocenters. The van der Waals surface area contributed by atoms with Crippen LogP contribution in [0.5, 0.6) is 0 Å². The summed E-state index contributed by atoms with van der Waals surface area (Å²) < 4.78 is 2.89. The molecular formula is C7H13IOSi. The number of hydrogen-bond donors (Lipinski definition) is 1. The van der Waals surface area contributed by atoms with Crippen LogP contribution in [0, 0.1) is 0 Å². The van der Waals surface area contributed by atoms with Crippen LogP contribution in [0.15, 0.2) is 19.1 Å². The Morgan fingerprint density at radius 3 is 2.20 bits per heavy atom. The molecule has 0 spiro atoms. The minimum atomic E-state index is -1.21. The van der Waals surface area contributed by atoms with E-state index in [0.29, 0.717) is 0 Å². The molecule has 0 bridgehead atoms.